The highest BCUT2D eigenvalue weighted by atomic mass is 15.2. The molecular weight excluding hydrogens is 246 g/mol. The normalized spacial score (nSPS) is 18.8. The number of fused-ring (bicyclic) bond motifs is 1. The second-order valence-corrected chi connectivity index (χ2v) is 6.17. The van der Waals surface area contributed by atoms with E-state index in [1.54, 1.807) is 0 Å². The van der Waals surface area contributed by atoms with Crippen molar-refractivity contribution in [2.24, 2.45) is 0 Å². The highest BCUT2D eigenvalue weighted by Crippen LogP contribution is 2.30. The number of hydrogen-bond acceptors (Lipinski definition) is 2. The van der Waals surface area contributed by atoms with Gasteiger partial charge in [-0.15, -0.1) is 0 Å². The zero-order valence-electron chi connectivity index (χ0n) is 12.7. The second-order valence-electron chi connectivity index (χ2n) is 6.17. The molecule has 1 unspecified atom stereocenters. The molecule has 3 nitrogen and oxygen atoms in total. The van der Waals surface area contributed by atoms with Crippen LogP contribution in [0, 0.1) is 0 Å². The molecule has 1 aromatic heterocycles. The van der Waals surface area contributed by atoms with E-state index in [0.29, 0.717) is 12.0 Å². The summed E-state index contributed by atoms with van der Waals surface area (Å²) in [5.41, 5.74) is 4.11. The predicted octanol–water partition coefficient (Wildman–Crippen LogP) is 3.26. The zero-order chi connectivity index (χ0) is 14.1. The molecule has 0 bridgehead atoms. The Labute approximate surface area is 121 Å². The molecule has 0 spiro atoms. The number of aromatic amines is 1. The third-order valence-electron chi connectivity index (χ3n) is 4.55. The van der Waals surface area contributed by atoms with E-state index < -0.39 is 0 Å². The molecule has 3 rings (SSSR count). The van der Waals surface area contributed by atoms with Gasteiger partial charge in [0, 0.05) is 49.3 Å². The number of hydrogen-bond donors (Lipinski definition) is 2. The van der Waals surface area contributed by atoms with E-state index in [2.05, 4.69) is 60.4 Å². The number of nitrogens with one attached hydrogen (secondary N) is 2. The van der Waals surface area contributed by atoms with Crippen molar-refractivity contribution < 1.29 is 0 Å². The van der Waals surface area contributed by atoms with Crippen LogP contribution in [0.5, 0.6) is 0 Å². The number of benzene rings is 1. The lowest BCUT2D eigenvalue weighted by atomic mass is 9.98. The van der Waals surface area contributed by atoms with Gasteiger partial charge < -0.3 is 10.3 Å². The van der Waals surface area contributed by atoms with Crippen LogP contribution in [-0.4, -0.2) is 36.1 Å². The summed E-state index contributed by atoms with van der Waals surface area (Å²) >= 11 is 0. The fraction of sp³-hybridized carbons (Fsp3) is 0.529. The van der Waals surface area contributed by atoms with Crippen LogP contribution in [0.4, 0.5) is 0 Å². The van der Waals surface area contributed by atoms with Gasteiger partial charge in [0.25, 0.3) is 0 Å². The van der Waals surface area contributed by atoms with Crippen LogP contribution in [0.1, 0.15) is 43.9 Å². The van der Waals surface area contributed by atoms with Gasteiger partial charge in [0.15, 0.2) is 0 Å². The minimum Gasteiger partial charge on any atom is -0.361 e. The zero-order valence-corrected chi connectivity index (χ0v) is 12.7. The summed E-state index contributed by atoms with van der Waals surface area (Å²) in [4.78, 5) is 6.00. The van der Waals surface area contributed by atoms with Gasteiger partial charge in [0.05, 0.1) is 0 Å². The highest BCUT2D eigenvalue weighted by molar-refractivity contribution is 5.84. The number of aromatic nitrogens is 1. The fourth-order valence-corrected chi connectivity index (χ4v) is 3.13. The lowest BCUT2D eigenvalue weighted by Crippen LogP contribution is -2.44. The van der Waals surface area contributed by atoms with Gasteiger partial charge in [-0.05, 0) is 36.1 Å². The van der Waals surface area contributed by atoms with Crippen molar-refractivity contribution in [1.29, 1.82) is 0 Å². The molecule has 108 valence electrons. The molecule has 20 heavy (non-hydrogen) atoms. The molecule has 0 aliphatic carbocycles. The third-order valence-corrected chi connectivity index (χ3v) is 4.55. The Kier molecular flexibility index (Phi) is 3.81. The third kappa shape index (κ3) is 2.48. The quantitative estimate of drug-likeness (QED) is 0.898. The SMILES string of the molecule is CC(C)c1ccc2[nH]cc(C(C)N3CCNCC3)c2c1. The lowest BCUT2D eigenvalue weighted by Gasteiger charge is -2.32. The van der Waals surface area contributed by atoms with Gasteiger partial charge in [-0.1, -0.05) is 19.9 Å². The topological polar surface area (TPSA) is 31.1 Å². The summed E-state index contributed by atoms with van der Waals surface area (Å²) in [6.45, 7) is 11.3. The van der Waals surface area contributed by atoms with E-state index in [1.807, 2.05) is 0 Å². The first-order valence-electron chi connectivity index (χ1n) is 7.72. The molecule has 2 aromatic rings. The van der Waals surface area contributed by atoms with Crippen LogP contribution in [0.25, 0.3) is 10.9 Å². The summed E-state index contributed by atoms with van der Waals surface area (Å²) in [7, 11) is 0. The Morgan fingerprint density at radius 2 is 1.85 bits per heavy atom. The Balaban J connectivity index is 1.95. The molecule has 0 saturated carbocycles. The summed E-state index contributed by atoms with van der Waals surface area (Å²) in [6, 6.07) is 7.31. The largest absolute Gasteiger partial charge is 0.361 e. The maximum atomic E-state index is 3.43. The molecule has 1 aliphatic heterocycles. The van der Waals surface area contributed by atoms with Gasteiger partial charge >= 0.3 is 0 Å². The Hall–Kier alpha value is -1.32. The molecule has 2 heterocycles. The van der Waals surface area contributed by atoms with Crippen molar-refractivity contribution in [3.05, 3.63) is 35.5 Å². The number of H-pyrrole nitrogens is 1. The van der Waals surface area contributed by atoms with Crippen molar-refractivity contribution >= 4 is 10.9 Å². The van der Waals surface area contributed by atoms with Crippen molar-refractivity contribution in [3.8, 4) is 0 Å². The number of rotatable bonds is 3. The summed E-state index contributed by atoms with van der Waals surface area (Å²) in [5, 5.41) is 4.82. The highest BCUT2D eigenvalue weighted by Gasteiger charge is 2.20. The average molecular weight is 271 g/mol. The van der Waals surface area contributed by atoms with Crippen LogP contribution in [0.15, 0.2) is 24.4 Å². The van der Waals surface area contributed by atoms with Crippen molar-refractivity contribution in [1.82, 2.24) is 15.2 Å². The molecule has 0 amide bonds. The minimum absolute atomic E-state index is 0.480. The fourth-order valence-electron chi connectivity index (χ4n) is 3.13. The standard InChI is InChI=1S/C17H25N3/c1-12(2)14-4-5-17-15(10-14)16(11-19-17)13(3)20-8-6-18-7-9-20/h4-5,10-13,18-19H,6-9H2,1-3H3. The van der Waals surface area contributed by atoms with E-state index in [0.717, 1.165) is 26.2 Å². The van der Waals surface area contributed by atoms with Gasteiger partial charge in [0.2, 0.25) is 0 Å². The maximum absolute atomic E-state index is 3.43. The van der Waals surface area contributed by atoms with E-state index in [-0.39, 0.29) is 0 Å². The molecule has 0 radical (unpaired) electrons. The van der Waals surface area contributed by atoms with Crippen LogP contribution >= 0.6 is 0 Å². The molecule has 1 aliphatic rings. The van der Waals surface area contributed by atoms with Crippen molar-refractivity contribution in [2.45, 2.75) is 32.7 Å². The van der Waals surface area contributed by atoms with Crippen LogP contribution in [0.2, 0.25) is 0 Å². The first-order valence-corrected chi connectivity index (χ1v) is 7.72. The molecule has 1 atom stereocenters. The Bertz CT molecular complexity index is 579. The van der Waals surface area contributed by atoms with E-state index in [1.165, 1.54) is 22.0 Å². The van der Waals surface area contributed by atoms with E-state index >= 15 is 0 Å². The van der Waals surface area contributed by atoms with Gasteiger partial charge in [-0.2, -0.15) is 0 Å². The van der Waals surface area contributed by atoms with Crippen LogP contribution in [-0.2, 0) is 0 Å². The summed E-state index contributed by atoms with van der Waals surface area (Å²) in [6.07, 6.45) is 2.20. The Morgan fingerprint density at radius 1 is 1.10 bits per heavy atom. The summed E-state index contributed by atoms with van der Waals surface area (Å²) in [5.74, 6) is 0.580. The smallest absolute Gasteiger partial charge is 0.0457 e. The predicted molar refractivity (Wildman–Crippen MR) is 85.2 cm³/mol. The molecular formula is C17H25N3. The first kappa shape index (κ1) is 13.7. The first-order chi connectivity index (χ1) is 9.66. The van der Waals surface area contributed by atoms with Crippen LogP contribution in [0.3, 0.4) is 0 Å². The maximum Gasteiger partial charge on any atom is 0.0457 e. The minimum atomic E-state index is 0.480. The summed E-state index contributed by atoms with van der Waals surface area (Å²) < 4.78 is 0. The van der Waals surface area contributed by atoms with Crippen LogP contribution < -0.4 is 5.32 Å². The van der Waals surface area contributed by atoms with Gasteiger partial charge in [-0.3, -0.25) is 4.90 Å². The van der Waals surface area contributed by atoms with E-state index in [9.17, 15) is 0 Å². The van der Waals surface area contributed by atoms with E-state index in [4.69, 9.17) is 0 Å². The monoisotopic (exact) mass is 271 g/mol. The Morgan fingerprint density at radius 3 is 2.55 bits per heavy atom. The molecule has 3 heteroatoms. The van der Waals surface area contributed by atoms with Crippen molar-refractivity contribution in [2.75, 3.05) is 26.2 Å². The lowest BCUT2D eigenvalue weighted by molar-refractivity contribution is 0.186. The number of nitrogens with zero attached hydrogens (tertiary/aromatic N) is 1. The molecule has 1 fully saturated rings. The average Bonchev–Trinajstić information content (AvgIpc) is 2.90. The number of piperazine rings is 1. The molecule has 1 aromatic carbocycles. The van der Waals surface area contributed by atoms with Gasteiger partial charge in [0.1, 0.15) is 0 Å². The molecule has 1 saturated heterocycles. The van der Waals surface area contributed by atoms with Crippen molar-refractivity contribution in [3.63, 3.8) is 0 Å². The molecule has 2 N–H and O–H groups in total. The van der Waals surface area contributed by atoms with Gasteiger partial charge in [-0.25, -0.2) is 0 Å². The second kappa shape index (κ2) is 5.58.